The van der Waals surface area contributed by atoms with Crippen molar-refractivity contribution in [1.29, 1.82) is 0 Å². The first kappa shape index (κ1) is 17.3. The third-order valence-corrected chi connectivity index (χ3v) is 5.44. The third-order valence-electron chi connectivity index (χ3n) is 5.44. The number of rotatable bonds is 3. The molecule has 5 rings (SSSR count). The summed E-state index contributed by atoms with van der Waals surface area (Å²) in [7, 11) is 0. The molecule has 0 radical (unpaired) electrons. The number of imidazole rings is 1. The quantitative estimate of drug-likeness (QED) is 0.538. The van der Waals surface area contributed by atoms with Gasteiger partial charge in [-0.25, -0.2) is 4.98 Å². The van der Waals surface area contributed by atoms with Crippen LogP contribution in [0.1, 0.15) is 49.0 Å². The Morgan fingerprint density at radius 3 is 2.86 bits per heavy atom. The van der Waals surface area contributed by atoms with E-state index in [0.717, 1.165) is 47.2 Å². The monoisotopic (exact) mass is 377 g/mol. The van der Waals surface area contributed by atoms with Crippen LogP contribution in [0.25, 0.3) is 21.9 Å². The van der Waals surface area contributed by atoms with Gasteiger partial charge in [0, 0.05) is 25.0 Å². The molecular formula is C21H23N5O2. The van der Waals surface area contributed by atoms with Gasteiger partial charge in [0.2, 0.25) is 11.8 Å². The lowest BCUT2D eigenvalue weighted by molar-refractivity contribution is 0.00628. The standard InChI is InChI=1S/C21H23N5O2/c1-12-4-5-17-16(8-12)21-18(11-22-17)23-19(10-20-25-24-14(3)28-20)26(21)15-6-7-27-13(2)9-15/h4-5,8,11,13,15H,6-7,9-10H2,1-3H3/t13-,15-/m1/s1. The summed E-state index contributed by atoms with van der Waals surface area (Å²) < 4.78 is 13.8. The number of ether oxygens (including phenoxy) is 1. The zero-order valence-electron chi connectivity index (χ0n) is 16.3. The number of hydrogen-bond donors (Lipinski definition) is 0. The van der Waals surface area contributed by atoms with E-state index in [1.165, 1.54) is 5.56 Å². The van der Waals surface area contributed by atoms with E-state index in [4.69, 9.17) is 14.1 Å². The molecule has 0 unspecified atom stereocenters. The van der Waals surface area contributed by atoms with Crippen molar-refractivity contribution in [1.82, 2.24) is 24.7 Å². The van der Waals surface area contributed by atoms with Gasteiger partial charge in [-0.2, -0.15) is 0 Å². The van der Waals surface area contributed by atoms with Crippen LogP contribution in [0.2, 0.25) is 0 Å². The average Bonchev–Trinajstić information content (AvgIpc) is 3.25. The topological polar surface area (TPSA) is 78.9 Å². The van der Waals surface area contributed by atoms with E-state index in [-0.39, 0.29) is 6.10 Å². The van der Waals surface area contributed by atoms with Crippen molar-refractivity contribution in [2.75, 3.05) is 6.61 Å². The van der Waals surface area contributed by atoms with E-state index >= 15 is 0 Å². The van der Waals surface area contributed by atoms with Crippen LogP contribution < -0.4 is 0 Å². The molecule has 4 heterocycles. The second-order valence-electron chi connectivity index (χ2n) is 7.66. The highest BCUT2D eigenvalue weighted by atomic mass is 16.5. The normalized spacial score (nSPS) is 20.2. The highest BCUT2D eigenvalue weighted by Crippen LogP contribution is 2.34. The van der Waals surface area contributed by atoms with Gasteiger partial charge in [0.25, 0.3) is 0 Å². The Hall–Kier alpha value is -2.80. The summed E-state index contributed by atoms with van der Waals surface area (Å²) in [4.78, 5) is 9.55. The number of hydrogen-bond acceptors (Lipinski definition) is 6. The number of pyridine rings is 1. The molecule has 0 saturated carbocycles. The molecule has 4 aromatic rings. The Labute approximate surface area is 162 Å². The van der Waals surface area contributed by atoms with Gasteiger partial charge in [-0.1, -0.05) is 11.6 Å². The van der Waals surface area contributed by atoms with E-state index in [2.05, 4.69) is 51.8 Å². The van der Waals surface area contributed by atoms with Crippen molar-refractivity contribution in [2.24, 2.45) is 0 Å². The van der Waals surface area contributed by atoms with E-state index in [0.29, 0.717) is 24.2 Å². The van der Waals surface area contributed by atoms with Gasteiger partial charge in [-0.15, -0.1) is 10.2 Å². The molecule has 0 spiro atoms. The molecule has 1 saturated heterocycles. The Morgan fingerprint density at radius 2 is 2.07 bits per heavy atom. The van der Waals surface area contributed by atoms with Gasteiger partial charge < -0.3 is 13.7 Å². The summed E-state index contributed by atoms with van der Waals surface area (Å²) in [6.07, 6.45) is 4.52. The van der Waals surface area contributed by atoms with Crippen LogP contribution in [-0.4, -0.2) is 37.4 Å². The number of aromatic nitrogens is 5. The third kappa shape index (κ3) is 2.96. The van der Waals surface area contributed by atoms with Crippen LogP contribution in [0, 0.1) is 13.8 Å². The van der Waals surface area contributed by atoms with E-state index < -0.39 is 0 Å². The lowest BCUT2D eigenvalue weighted by Crippen LogP contribution is -2.26. The summed E-state index contributed by atoms with van der Waals surface area (Å²) >= 11 is 0. The fourth-order valence-electron chi connectivity index (χ4n) is 4.21. The summed E-state index contributed by atoms with van der Waals surface area (Å²) in [5.41, 5.74) is 4.24. The molecule has 7 heteroatoms. The molecule has 3 aromatic heterocycles. The SMILES string of the molecule is Cc1ccc2ncc3nc(Cc4nnc(C)o4)n([C@@H]4CCO[C@H](C)C4)c3c2c1. The first-order chi connectivity index (χ1) is 13.6. The van der Waals surface area contributed by atoms with Crippen LogP contribution in [0.5, 0.6) is 0 Å². The zero-order valence-corrected chi connectivity index (χ0v) is 16.3. The summed E-state index contributed by atoms with van der Waals surface area (Å²) in [6.45, 7) is 6.81. The van der Waals surface area contributed by atoms with Crippen molar-refractivity contribution in [3.63, 3.8) is 0 Å². The number of nitrogens with zero attached hydrogens (tertiary/aromatic N) is 5. The second kappa shape index (κ2) is 6.67. The fraction of sp³-hybridized carbons (Fsp3) is 0.429. The molecule has 2 atom stereocenters. The van der Waals surface area contributed by atoms with Crippen molar-refractivity contribution < 1.29 is 9.15 Å². The molecular weight excluding hydrogens is 354 g/mol. The zero-order chi connectivity index (χ0) is 19.3. The van der Waals surface area contributed by atoms with Gasteiger partial charge in [-0.05, 0) is 38.8 Å². The van der Waals surface area contributed by atoms with E-state index in [1.54, 1.807) is 6.92 Å². The van der Waals surface area contributed by atoms with Crippen LogP contribution >= 0.6 is 0 Å². The van der Waals surface area contributed by atoms with Gasteiger partial charge in [0.1, 0.15) is 11.3 Å². The largest absolute Gasteiger partial charge is 0.425 e. The van der Waals surface area contributed by atoms with Gasteiger partial charge in [-0.3, -0.25) is 4.98 Å². The maximum atomic E-state index is 5.80. The van der Waals surface area contributed by atoms with Gasteiger partial charge in [0.15, 0.2) is 0 Å². The molecule has 1 fully saturated rings. The van der Waals surface area contributed by atoms with Crippen LogP contribution in [-0.2, 0) is 11.2 Å². The Bertz CT molecular complexity index is 1160. The van der Waals surface area contributed by atoms with E-state index in [1.807, 2.05) is 6.20 Å². The smallest absolute Gasteiger partial charge is 0.224 e. The lowest BCUT2D eigenvalue weighted by atomic mass is 10.0. The van der Waals surface area contributed by atoms with Gasteiger partial charge in [0.05, 0.1) is 29.8 Å². The van der Waals surface area contributed by atoms with Crippen LogP contribution in [0.4, 0.5) is 0 Å². The number of aryl methyl sites for hydroxylation is 2. The molecule has 1 aliphatic rings. The fourth-order valence-corrected chi connectivity index (χ4v) is 4.21. The second-order valence-corrected chi connectivity index (χ2v) is 7.66. The molecule has 1 aromatic carbocycles. The van der Waals surface area contributed by atoms with Crippen LogP contribution in [0.15, 0.2) is 28.8 Å². The van der Waals surface area contributed by atoms with E-state index in [9.17, 15) is 0 Å². The summed E-state index contributed by atoms with van der Waals surface area (Å²) in [5.74, 6) is 2.09. The summed E-state index contributed by atoms with van der Waals surface area (Å²) in [6, 6.07) is 6.70. The number of benzene rings is 1. The maximum absolute atomic E-state index is 5.80. The van der Waals surface area contributed by atoms with Gasteiger partial charge >= 0.3 is 0 Å². The Balaban J connectivity index is 1.74. The molecule has 1 aliphatic heterocycles. The first-order valence-electron chi connectivity index (χ1n) is 9.75. The molecule has 0 N–H and O–H groups in total. The summed E-state index contributed by atoms with van der Waals surface area (Å²) in [5, 5.41) is 9.28. The van der Waals surface area contributed by atoms with Crippen molar-refractivity contribution in [2.45, 2.75) is 52.2 Å². The van der Waals surface area contributed by atoms with Crippen molar-refractivity contribution >= 4 is 21.9 Å². The maximum Gasteiger partial charge on any atom is 0.224 e. The lowest BCUT2D eigenvalue weighted by Gasteiger charge is -2.30. The molecule has 28 heavy (non-hydrogen) atoms. The predicted octanol–water partition coefficient (Wildman–Crippen LogP) is 3.92. The van der Waals surface area contributed by atoms with Crippen molar-refractivity contribution in [3.05, 3.63) is 47.6 Å². The highest BCUT2D eigenvalue weighted by Gasteiger charge is 2.27. The predicted molar refractivity (Wildman–Crippen MR) is 105 cm³/mol. The number of fused-ring (bicyclic) bond motifs is 3. The molecule has 0 amide bonds. The minimum absolute atomic E-state index is 0.226. The minimum atomic E-state index is 0.226. The highest BCUT2D eigenvalue weighted by molar-refractivity contribution is 6.02. The minimum Gasteiger partial charge on any atom is -0.425 e. The molecule has 0 bridgehead atoms. The Kier molecular flexibility index (Phi) is 4.12. The van der Waals surface area contributed by atoms with Crippen molar-refractivity contribution in [3.8, 4) is 0 Å². The molecule has 7 nitrogen and oxygen atoms in total. The molecule has 144 valence electrons. The molecule has 0 aliphatic carbocycles. The van der Waals surface area contributed by atoms with Crippen LogP contribution in [0.3, 0.4) is 0 Å². The average molecular weight is 377 g/mol. The first-order valence-corrected chi connectivity index (χ1v) is 9.75. The Morgan fingerprint density at radius 1 is 1.18 bits per heavy atom.